The summed E-state index contributed by atoms with van der Waals surface area (Å²) in [5.74, 6) is -1.54. The average Bonchev–Trinajstić information content (AvgIpc) is 2.32. The van der Waals surface area contributed by atoms with Crippen LogP contribution in [0.4, 0.5) is 0 Å². The molecule has 0 saturated heterocycles. The fourth-order valence-corrected chi connectivity index (χ4v) is 0.817. The van der Waals surface area contributed by atoms with Crippen LogP contribution in [0.5, 0.6) is 0 Å². The summed E-state index contributed by atoms with van der Waals surface area (Å²) in [6.07, 6.45) is 4.33. The molecule has 5 nitrogen and oxygen atoms in total. The Morgan fingerprint density at radius 1 is 0.850 bits per heavy atom. The van der Waals surface area contributed by atoms with Gasteiger partial charge in [-0.2, -0.15) is 0 Å². The van der Waals surface area contributed by atoms with E-state index in [9.17, 15) is 24.9 Å². The molecule has 0 amide bonds. The van der Waals surface area contributed by atoms with Crippen LogP contribution < -0.4 is 15.3 Å². The first-order valence-corrected chi connectivity index (χ1v) is 6.87. The Morgan fingerprint density at radius 3 is 1.40 bits per heavy atom. The maximum Gasteiger partial charge on any atom is 3.00 e. The molecule has 0 radical (unpaired) electrons. The van der Waals surface area contributed by atoms with E-state index in [1.54, 1.807) is 0 Å². The fraction of sp³-hybridized carbons (Fsp3) is 0.857. The van der Waals surface area contributed by atoms with E-state index in [0.717, 1.165) is 25.7 Å². The molecule has 0 spiro atoms. The number of hydrogen-bond acceptors (Lipinski definition) is 5. The zero-order valence-electron chi connectivity index (χ0n) is 13.0. The second-order valence-electron chi connectivity index (χ2n) is 3.95. The van der Waals surface area contributed by atoms with E-state index in [1.165, 1.54) is 0 Å². The van der Waals surface area contributed by atoms with Crippen molar-refractivity contribution in [2.45, 2.75) is 65.7 Å². The molecule has 0 rings (SSSR count). The van der Waals surface area contributed by atoms with Crippen molar-refractivity contribution in [3.05, 3.63) is 0 Å². The maximum atomic E-state index is 10.4. The van der Waals surface area contributed by atoms with Gasteiger partial charge in [-0.15, -0.1) is 13.2 Å². The number of aliphatic carboxylic acids is 1. The molecule has 0 aliphatic carbocycles. The molecule has 0 heterocycles. The van der Waals surface area contributed by atoms with Crippen LogP contribution in [0, 0.1) is 0 Å². The Bertz CT molecular complexity index is 188. The Balaban J connectivity index is -0.000000101. The average molecular weight is 302 g/mol. The van der Waals surface area contributed by atoms with Crippen molar-refractivity contribution in [3.8, 4) is 0 Å². The van der Waals surface area contributed by atoms with Crippen LogP contribution in [0.25, 0.3) is 0 Å². The van der Waals surface area contributed by atoms with Gasteiger partial charge >= 0.3 is 17.4 Å². The first-order chi connectivity index (χ1) is 8.99. The number of carboxylic acids is 1. The third-order valence-corrected chi connectivity index (χ3v) is 1.87. The van der Waals surface area contributed by atoms with Crippen LogP contribution in [0.2, 0.25) is 0 Å². The Labute approximate surface area is 133 Å². The number of rotatable bonds is 8. The van der Waals surface area contributed by atoms with Gasteiger partial charge in [0, 0.05) is 18.8 Å². The zero-order chi connectivity index (χ0) is 15.5. The second kappa shape index (κ2) is 27.0. The monoisotopic (exact) mass is 302 g/mol. The summed E-state index contributed by atoms with van der Waals surface area (Å²) in [4.78, 5) is 20.2. The third kappa shape index (κ3) is 43.2. The first-order valence-electron chi connectivity index (χ1n) is 6.87. The van der Waals surface area contributed by atoms with Crippen molar-refractivity contribution in [1.29, 1.82) is 0 Å². The minimum atomic E-state index is -1.28. The van der Waals surface area contributed by atoms with E-state index in [1.807, 2.05) is 20.8 Å². The SMILES string of the molecule is CCCC(=O)CC(=O)[O-].CCCC[O-].CCCC[O-].[Al+3]. The number of Topliss-reactive ketones (excluding diaryl/α,β-unsaturated/α-hetero) is 1. The van der Waals surface area contributed by atoms with Gasteiger partial charge in [-0.25, -0.2) is 0 Å². The van der Waals surface area contributed by atoms with E-state index in [4.69, 9.17) is 0 Å². The van der Waals surface area contributed by atoms with Crippen LogP contribution in [0.1, 0.15) is 65.7 Å². The number of ketones is 1. The second-order valence-corrected chi connectivity index (χ2v) is 3.95. The molecule has 0 unspecified atom stereocenters. The van der Waals surface area contributed by atoms with Gasteiger partial charge in [0.2, 0.25) is 0 Å². The summed E-state index contributed by atoms with van der Waals surface area (Å²) in [5, 5.41) is 28.8. The van der Waals surface area contributed by atoms with Gasteiger partial charge in [-0.05, 0) is 6.42 Å². The van der Waals surface area contributed by atoms with Crippen LogP contribution in [0.3, 0.4) is 0 Å². The van der Waals surface area contributed by atoms with Gasteiger partial charge < -0.3 is 20.1 Å². The third-order valence-electron chi connectivity index (χ3n) is 1.87. The van der Waals surface area contributed by atoms with E-state index >= 15 is 0 Å². The molecule has 0 aromatic heterocycles. The zero-order valence-corrected chi connectivity index (χ0v) is 14.1. The number of carbonyl (C=O) groups is 2. The van der Waals surface area contributed by atoms with Crippen molar-refractivity contribution in [2.75, 3.05) is 13.2 Å². The topological polar surface area (TPSA) is 103 Å². The molecule has 0 aromatic rings. The molecule has 0 aliphatic heterocycles. The quantitative estimate of drug-likeness (QED) is 0.440. The molecule has 116 valence electrons. The van der Waals surface area contributed by atoms with Crippen LogP contribution in [-0.4, -0.2) is 42.3 Å². The maximum absolute atomic E-state index is 10.4. The summed E-state index contributed by atoms with van der Waals surface area (Å²) in [5.41, 5.74) is 0. The minimum Gasteiger partial charge on any atom is -0.854 e. The molecule has 0 aliphatic rings. The molecule has 6 heteroatoms. The van der Waals surface area contributed by atoms with Crippen molar-refractivity contribution in [3.63, 3.8) is 0 Å². The molecule has 0 N–H and O–H groups in total. The summed E-state index contributed by atoms with van der Waals surface area (Å²) in [6.45, 7) is 6.04. The standard InChI is InChI=1S/C6H10O3.2C4H9O.Al/c1-2-3-5(7)4-6(8)9;2*1-2-3-4-5;/h2-4H2,1H3,(H,8,9);2*2-4H2,1H3;/q;2*-1;+3/p-1. The van der Waals surface area contributed by atoms with Gasteiger partial charge in [0.15, 0.2) is 0 Å². The van der Waals surface area contributed by atoms with Crippen LogP contribution in [0.15, 0.2) is 0 Å². The predicted molar refractivity (Wildman–Crippen MR) is 74.8 cm³/mol. The van der Waals surface area contributed by atoms with E-state index < -0.39 is 12.4 Å². The Hall–Kier alpha value is -0.408. The van der Waals surface area contributed by atoms with Gasteiger partial charge in [0.1, 0.15) is 5.78 Å². The van der Waals surface area contributed by atoms with Crippen LogP contribution >= 0.6 is 0 Å². The van der Waals surface area contributed by atoms with Gasteiger partial charge in [-0.3, -0.25) is 4.79 Å². The normalized spacial score (nSPS) is 8.25. The van der Waals surface area contributed by atoms with Gasteiger partial charge in [0.25, 0.3) is 0 Å². The molecular weight excluding hydrogens is 275 g/mol. The van der Waals surface area contributed by atoms with Gasteiger partial charge in [-0.1, -0.05) is 46.5 Å². The fourth-order valence-electron chi connectivity index (χ4n) is 0.817. The first kappa shape index (κ1) is 27.9. The van der Waals surface area contributed by atoms with E-state index in [-0.39, 0.29) is 36.4 Å². The summed E-state index contributed by atoms with van der Waals surface area (Å²) in [6, 6.07) is 0. The number of carboxylic acid groups (broad SMARTS) is 1. The number of hydrogen-bond donors (Lipinski definition) is 0. The smallest absolute Gasteiger partial charge is 0.854 e. The number of carbonyl (C=O) groups excluding carboxylic acids is 2. The van der Waals surface area contributed by atoms with E-state index in [2.05, 4.69) is 0 Å². The van der Waals surface area contributed by atoms with Crippen molar-refractivity contribution in [2.24, 2.45) is 0 Å². The largest absolute Gasteiger partial charge is 3.00 e. The molecule has 0 fully saturated rings. The Morgan fingerprint density at radius 2 is 1.25 bits per heavy atom. The van der Waals surface area contributed by atoms with Crippen molar-refractivity contribution in [1.82, 2.24) is 0 Å². The van der Waals surface area contributed by atoms with Crippen LogP contribution in [-0.2, 0) is 9.59 Å². The summed E-state index contributed by atoms with van der Waals surface area (Å²) < 4.78 is 0. The Kier molecular flexibility index (Phi) is 37.6. The molecule has 0 saturated carbocycles. The van der Waals surface area contributed by atoms with Gasteiger partial charge in [0.05, 0.1) is 0 Å². The molecule has 0 bridgehead atoms. The molecule has 20 heavy (non-hydrogen) atoms. The summed E-state index contributed by atoms with van der Waals surface area (Å²) >= 11 is 0. The molecule has 0 aromatic carbocycles. The molecule has 0 atom stereocenters. The van der Waals surface area contributed by atoms with E-state index in [0.29, 0.717) is 12.8 Å². The van der Waals surface area contributed by atoms with Crippen molar-refractivity contribution < 1.29 is 24.9 Å². The minimum absolute atomic E-state index is 0. The molecular formula is C14H27AlO5. The summed E-state index contributed by atoms with van der Waals surface area (Å²) in [7, 11) is 0. The van der Waals surface area contributed by atoms with Crippen molar-refractivity contribution >= 4 is 29.1 Å². The number of unbranched alkanes of at least 4 members (excludes halogenated alkanes) is 2. The predicted octanol–water partition coefficient (Wildman–Crippen LogP) is -0.592.